The van der Waals surface area contributed by atoms with Crippen LogP contribution in [-0.4, -0.2) is 30.0 Å². The van der Waals surface area contributed by atoms with Gasteiger partial charge in [-0.05, 0) is 55.7 Å². The predicted molar refractivity (Wildman–Crippen MR) is 74.3 cm³/mol. The van der Waals surface area contributed by atoms with Crippen molar-refractivity contribution in [1.29, 1.82) is 0 Å². The van der Waals surface area contributed by atoms with Gasteiger partial charge in [-0.1, -0.05) is 24.3 Å². The van der Waals surface area contributed by atoms with Crippen LogP contribution in [0.3, 0.4) is 0 Å². The number of hydrogen-bond acceptors (Lipinski definition) is 3. The maximum Gasteiger partial charge on any atom is 0.376 e. The molecule has 2 aliphatic rings. The standard InChI is InChI=1S/C14H21BN2O/c1-15(18)17-8-6-14(7-9-17)10-13(16)11-4-2-3-5-12(11)14/h2-5,13,18H,6-10,16H2,1H3/t13-/m1/s1. The summed E-state index contributed by atoms with van der Waals surface area (Å²) >= 11 is 0. The first-order valence-corrected chi connectivity index (χ1v) is 6.89. The van der Waals surface area contributed by atoms with E-state index in [1.807, 2.05) is 6.82 Å². The molecule has 1 aromatic carbocycles. The number of benzene rings is 1. The van der Waals surface area contributed by atoms with Gasteiger partial charge >= 0.3 is 7.05 Å². The molecule has 3 N–H and O–H groups in total. The number of piperidine rings is 1. The van der Waals surface area contributed by atoms with E-state index in [0.717, 1.165) is 32.4 Å². The Kier molecular flexibility index (Phi) is 2.97. The molecule has 0 bridgehead atoms. The number of hydrogen-bond donors (Lipinski definition) is 2. The minimum Gasteiger partial charge on any atom is -0.437 e. The summed E-state index contributed by atoms with van der Waals surface area (Å²) in [6.45, 7) is 3.80. The zero-order valence-corrected chi connectivity index (χ0v) is 11.0. The molecule has 96 valence electrons. The normalized spacial score (nSPS) is 26.3. The number of fused-ring (bicyclic) bond motifs is 2. The summed E-state index contributed by atoms with van der Waals surface area (Å²) in [6, 6.07) is 8.83. The molecule has 1 aliphatic carbocycles. The molecule has 0 aromatic heterocycles. The van der Waals surface area contributed by atoms with Crippen LogP contribution in [0.1, 0.15) is 36.4 Å². The van der Waals surface area contributed by atoms with Crippen molar-refractivity contribution < 1.29 is 5.02 Å². The Balaban J connectivity index is 1.87. The van der Waals surface area contributed by atoms with Crippen LogP contribution in [0.5, 0.6) is 0 Å². The van der Waals surface area contributed by atoms with Crippen molar-refractivity contribution in [2.75, 3.05) is 13.1 Å². The van der Waals surface area contributed by atoms with Gasteiger partial charge in [0.15, 0.2) is 0 Å². The molecule has 0 radical (unpaired) electrons. The molecule has 1 saturated heterocycles. The van der Waals surface area contributed by atoms with Crippen LogP contribution in [-0.2, 0) is 5.41 Å². The van der Waals surface area contributed by atoms with Crippen LogP contribution in [0.25, 0.3) is 0 Å². The van der Waals surface area contributed by atoms with Gasteiger partial charge in [0, 0.05) is 6.04 Å². The Morgan fingerprint density at radius 3 is 2.67 bits per heavy atom. The van der Waals surface area contributed by atoms with Crippen LogP contribution < -0.4 is 5.73 Å². The van der Waals surface area contributed by atoms with Crippen LogP contribution in [0.2, 0.25) is 6.82 Å². The molecule has 0 amide bonds. The highest BCUT2D eigenvalue weighted by Gasteiger charge is 2.44. The third-order valence-electron chi connectivity index (χ3n) is 4.83. The Morgan fingerprint density at radius 2 is 2.00 bits per heavy atom. The lowest BCUT2D eigenvalue weighted by Gasteiger charge is -2.40. The van der Waals surface area contributed by atoms with Gasteiger partial charge in [-0.3, -0.25) is 0 Å². The topological polar surface area (TPSA) is 49.5 Å². The van der Waals surface area contributed by atoms with E-state index in [9.17, 15) is 5.02 Å². The highest BCUT2D eigenvalue weighted by molar-refractivity contribution is 6.45. The van der Waals surface area contributed by atoms with E-state index < -0.39 is 0 Å². The van der Waals surface area contributed by atoms with Gasteiger partial charge in [-0.15, -0.1) is 0 Å². The molecule has 3 rings (SSSR count). The fraction of sp³-hybridized carbons (Fsp3) is 0.571. The zero-order valence-electron chi connectivity index (χ0n) is 11.0. The average Bonchev–Trinajstić information content (AvgIpc) is 2.64. The molecule has 18 heavy (non-hydrogen) atoms. The maximum atomic E-state index is 9.66. The predicted octanol–water partition coefficient (Wildman–Crippen LogP) is 1.53. The lowest BCUT2D eigenvalue weighted by atomic mass is 9.70. The fourth-order valence-corrected chi connectivity index (χ4v) is 3.74. The molecule has 1 atom stereocenters. The van der Waals surface area contributed by atoms with Crippen molar-refractivity contribution in [3.05, 3.63) is 35.4 Å². The summed E-state index contributed by atoms with van der Waals surface area (Å²) in [7, 11) is -0.326. The van der Waals surface area contributed by atoms with E-state index in [0.29, 0.717) is 0 Å². The van der Waals surface area contributed by atoms with Gasteiger partial charge in [0.05, 0.1) is 0 Å². The van der Waals surface area contributed by atoms with E-state index in [-0.39, 0.29) is 18.5 Å². The third-order valence-corrected chi connectivity index (χ3v) is 4.83. The van der Waals surface area contributed by atoms with Crippen molar-refractivity contribution in [2.45, 2.75) is 37.5 Å². The summed E-state index contributed by atoms with van der Waals surface area (Å²) in [5, 5.41) is 9.66. The van der Waals surface area contributed by atoms with Gasteiger partial charge in [0.1, 0.15) is 0 Å². The Hall–Kier alpha value is -0.835. The Morgan fingerprint density at radius 1 is 1.33 bits per heavy atom. The highest BCUT2D eigenvalue weighted by atomic mass is 16.2. The molecule has 3 nitrogen and oxygen atoms in total. The number of nitrogens with zero attached hydrogens (tertiary/aromatic N) is 1. The molecule has 0 unspecified atom stereocenters. The van der Waals surface area contributed by atoms with Crippen molar-refractivity contribution in [3.63, 3.8) is 0 Å². The fourth-order valence-electron chi connectivity index (χ4n) is 3.74. The monoisotopic (exact) mass is 244 g/mol. The minimum atomic E-state index is -0.326. The molecule has 1 spiro atoms. The van der Waals surface area contributed by atoms with E-state index >= 15 is 0 Å². The molecule has 0 saturated carbocycles. The van der Waals surface area contributed by atoms with E-state index in [1.54, 1.807) is 0 Å². The molecule has 1 heterocycles. The first-order valence-electron chi connectivity index (χ1n) is 6.89. The molecular formula is C14H21BN2O. The van der Waals surface area contributed by atoms with Crippen LogP contribution in [0, 0.1) is 0 Å². The molecule has 1 aliphatic heterocycles. The van der Waals surface area contributed by atoms with Crippen LogP contribution >= 0.6 is 0 Å². The SMILES string of the molecule is CB(O)N1CCC2(CC1)C[C@@H](N)c1ccccc12. The lowest BCUT2D eigenvalue weighted by molar-refractivity contribution is 0.209. The summed E-state index contributed by atoms with van der Waals surface area (Å²) in [5.74, 6) is 0. The van der Waals surface area contributed by atoms with Gasteiger partial charge in [-0.25, -0.2) is 0 Å². The summed E-state index contributed by atoms with van der Waals surface area (Å²) in [5.41, 5.74) is 9.35. The molecule has 1 aromatic rings. The second kappa shape index (κ2) is 4.37. The second-order valence-electron chi connectivity index (χ2n) is 5.85. The van der Waals surface area contributed by atoms with Gasteiger partial charge in [0.25, 0.3) is 0 Å². The minimum absolute atomic E-state index is 0.194. The molecular weight excluding hydrogens is 223 g/mol. The molecule has 1 fully saturated rings. The van der Waals surface area contributed by atoms with Gasteiger partial charge in [0.2, 0.25) is 0 Å². The van der Waals surface area contributed by atoms with Crippen LogP contribution in [0.15, 0.2) is 24.3 Å². The number of nitrogens with two attached hydrogens (primary N) is 1. The van der Waals surface area contributed by atoms with Crippen LogP contribution in [0.4, 0.5) is 0 Å². The Labute approximate surface area is 109 Å². The van der Waals surface area contributed by atoms with Crippen molar-refractivity contribution in [1.82, 2.24) is 4.81 Å². The maximum absolute atomic E-state index is 9.66. The smallest absolute Gasteiger partial charge is 0.376 e. The van der Waals surface area contributed by atoms with E-state index in [1.165, 1.54) is 11.1 Å². The third kappa shape index (κ3) is 1.80. The zero-order chi connectivity index (χ0) is 12.8. The largest absolute Gasteiger partial charge is 0.437 e. The second-order valence-corrected chi connectivity index (χ2v) is 5.85. The molecule has 4 heteroatoms. The summed E-state index contributed by atoms with van der Waals surface area (Å²) < 4.78 is 0. The van der Waals surface area contributed by atoms with E-state index in [4.69, 9.17) is 5.73 Å². The quantitative estimate of drug-likeness (QED) is 0.736. The van der Waals surface area contributed by atoms with Gasteiger partial charge < -0.3 is 15.6 Å². The average molecular weight is 244 g/mol. The van der Waals surface area contributed by atoms with Gasteiger partial charge in [-0.2, -0.15) is 0 Å². The summed E-state index contributed by atoms with van der Waals surface area (Å²) in [4.78, 5) is 2.15. The Bertz CT molecular complexity index is 441. The first-order chi connectivity index (χ1) is 8.62. The summed E-state index contributed by atoms with van der Waals surface area (Å²) in [6.07, 6.45) is 3.30. The van der Waals surface area contributed by atoms with E-state index in [2.05, 4.69) is 29.1 Å². The highest BCUT2D eigenvalue weighted by Crippen LogP contribution is 2.49. The first kappa shape index (κ1) is 12.2. The van der Waals surface area contributed by atoms with Crippen molar-refractivity contribution in [2.24, 2.45) is 5.73 Å². The number of rotatable bonds is 1. The van der Waals surface area contributed by atoms with Crippen molar-refractivity contribution >= 4 is 7.05 Å². The lowest BCUT2D eigenvalue weighted by Crippen LogP contribution is -2.47. The van der Waals surface area contributed by atoms with Crippen molar-refractivity contribution in [3.8, 4) is 0 Å².